The summed E-state index contributed by atoms with van der Waals surface area (Å²) in [6, 6.07) is 7.94. The molecule has 1 fully saturated rings. The van der Waals surface area contributed by atoms with Crippen LogP contribution in [0.4, 0.5) is 5.69 Å². The molecule has 0 amide bonds. The van der Waals surface area contributed by atoms with E-state index in [0.29, 0.717) is 12.4 Å². The van der Waals surface area contributed by atoms with Crippen LogP contribution in [0.2, 0.25) is 0 Å². The van der Waals surface area contributed by atoms with Crippen LogP contribution in [-0.4, -0.2) is 12.8 Å². The summed E-state index contributed by atoms with van der Waals surface area (Å²) >= 11 is 0. The van der Waals surface area contributed by atoms with Crippen LogP contribution >= 0.6 is 0 Å². The highest BCUT2D eigenvalue weighted by atomic mass is 16.5. The average Bonchev–Trinajstić information content (AvgIpc) is 3.22. The van der Waals surface area contributed by atoms with E-state index in [4.69, 9.17) is 16.2 Å². The summed E-state index contributed by atoms with van der Waals surface area (Å²) in [6.45, 7) is 9.74. The molecule has 1 aromatic rings. The zero-order valence-electron chi connectivity index (χ0n) is 19.2. The van der Waals surface area contributed by atoms with Crippen LogP contribution in [-0.2, 0) is 11.3 Å². The van der Waals surface area contributed by atoms with Crippen LogP contribution in [0.5, 0.6) is 0 Å². The Kier molecular flexibility index (Phi) is 9.69. The zero-order chi connectivity index (χ0) is 22.6. The van der Waals surface area contributed by atoms with Crippen molar-refractivity contribution in [2.24, 2.45) is 10.7 Å². The molecule has 0 atom stereocenters. The van der Waals surface area contributed by atoms with E-state index in [2.05, 4.69) is 49.3 Å². The number of nitrogens with zero attached hydrogens (tertiary/aromatic N) is 1. The van der Waals surface area contributed by atoms with Crippen LogP contribution in [0.15, 0.2) is 87.6 Å². The van der Waals surface area contributed by atoms with Gasteiger partial charge in [-0.15, -0.1) is 0 Å². The van der Waals surface area contributed by atoms with Gasteiger partial charge < -0.3 is 21.5 Å². The molecule has 0 saturated carbocycles. The van der Waals surface area contributed by atoms with Crippen molar-refractivity contribution in [2.75, 3.05) is 12.3 Å². The molecule has 5 heteroatoms. The largest absolute Gasteiger partial charge is 0.492 e. The summed E-state index contributed by atoms with van der Waals surface area (Å²) in [6.07, 6.45) is 12.6. The van der Waals surface area contributed by atoms with Gasteiger partial charge in [-0.2, -0.15) is 0 Å². The van der Waals surface area contributed by atoms with Crippen molar-refractivity contribution in [1.29, 1.82) is 0 Å². The van der Waals surface area contributed by atoms with Gasteiger partial charge in [-0.05, 0) is 62.1 Å². The minimum Gasteiger partial charge on any atom is -0.492 e. The highest BCUT2D eigenvalue weighted by Crippen LogP contribution is 2.32. The van der Waals surface area contributed by atoms with E-state index in [1.165, 1.54) is 5.57 Å². The topological polar surface area (TPSA) is 85.7 Å². The van der Waals surface area contributed by atoms with Crippen molar-refractivity contribution in [3.63, 3.8) is 0 Å². The zero-order valence-corrected chi connectivity index (χ0v) is 19.2. The molecule has 31 heavy (non-hydrogen) atoms. The summed E-state index contributed by atoms with van der Waals surface area (Å²) in [7, 11) is 0. The van der Waals surface area contributed by atoms with Gasteiger partial charge in [0.1, 0.15) is 11.6 Å². The minimum atomic E-state index is 0.532. The molecule has 0 aromatic heterocycles. The second-order valence-corrected chi connectivity index (χ2v) is 7.52. The van der Waals surface area contributed by atoms with E-state index in [1.807, 2.05) is 37.3 Å². The Morgan fingerprint density at radius 3 is 2.74 bits per heavy atom. The normalized spacial score (nSPS) is 18.6. The van der Waals surface area contributed by atoms with Gasteiger partial charge in [-0.25, -0.2) is 4.99 Å². The third-order valence-electron chi connectivity index (χ3n) is 4.99. The summed E-state index contributed by atoms with van der Waals surface area (Å²) in [5, 5.41) is 3.54. The van der Waals surface area contributed by atoms with Crippen LogP contribution in [0, 0.1) is 0 Å². The number of hydrogen-bond donors (Lipinski definition) is 3. The Balaban J connectivity index is 2.32. The first-order valence-electron chi connectivity index (χ1n) is 10.9. The van der Waals surface area contributed by atoms with Gasteiger partial charge in [0, 0.05) is 41.7 Å². The van der Waals surface area contributed by atoms with Gasteiger partial charge in [0.15, 0.2) is 0 Å². The molecule has 5 nitrogen and oxygen atoms in total. The number of benzene rings is 1. The minimum absolute atomic E-state index is 0.532. The number of ether oxygens (including phenoxy) is 1. The van der Waals surface area contributed by atoms with Gasteiger partial charge in [-0.3, -0.25) is 0 Å². The molecule has 1 saturated heterocycles. The van der Waals surface area contributed by atoms with Crippen LogP contribution in [0.25, 0.3) is 0 Å². The average molecular weight is 421 g/mol. The fraction of sp³-hybridized carbons (Fsp3) is 0.346. The van der Waals surface area contributed by atoms with Crippen LogP contribution in [0.3, 0.4) is 0 Å². The van der Waals surface area contributed by atoms with Crippen molar-refractivity contribution in [2.45, 2.75) is 53.5 Å². The van der Waals surface area contributed by atoms with Crippen LogP contribution in [0.1, 0.15) is 52.5 Å². The molecular formula is C26H36N4O. The van der Waals surface area contributed by atoms with E-state index in [9.17, 15) is 0 Å². The molecule has 1 aliphatic heterocycles. The van der Waals surface area contributed by atoms with Gasteiger partial charge >= 0.3 is 0 Å². The maximum Gasteiger partial charge on any atom is 0.131 e. The summed E-state index contributed by atoms with van der Waals surface area (Å²) < 4.78 is 6.09. The molecule has 0 aliphatic carbocycles. The molecule has 166 valence electrons. The quantitative estimate of drug-likeness (QED) is 0.364. The first-order chi connectivity index (χ1) is 15.0. The Bertz CT molecular complexity index is 932. The molecule has 1 heterocycles. The number of nitrogen functional groups attached to an aromatic ring is 1. The predicted molar refractivity (Wildman–Crippen MR) is 132 cm³/mol. The lowest BCUT2D eigenvalue weighted by atomic mass is 9.99. The number of nitrogens with one attached hydrogen (secondary N) is 1. The van der Waals surface area contributed by atoms with Crippen molar-refractivity contribution >= 4 is 11.9 Å². The molecule has 5 N–H and O–H groups in total. The van der Waals surface area contributed by atoms with E-state index >= 15 is 0 Å². The standard InChI is InChI=1S/C26H36N4O/c1-5-7-12-23(19(3)13-15-29-25(28)9-6-2)26-24(14-16-31-26)20(4)30-18-21-10-8-11-22(27)17-21/h7-13,15,17,30H,5-6,14,16,18,27-28H2,1-4H3/b12-7+,19-13+,24-20+,25-9+,26-23-,29-15-. The number of rotatable bonds is 9. The van der Waals surface area contributed by atoms with Gasteiger partial charge in [-0.1, -0.05) is 38.1 Å². The number of allylic oxidation sites excluding steroid dienone is 8. The highest BCUT2D eigenvalue weighted by molar-refractivity contribution is 5.75. The Morgan fingerprint density at radius 2 is 2.03 bits per heavy atom. The second kappa shape index (κ2) is 12.5. The Hall–Kier alpha value is -3.21. The van der Waals surface area contributed by atoms with Crippen molar-refractivity contribution in [3.8, 4) is 0 Å². The van der Waals surface area contributed by atoms with E-state index in [1.54, 1.807) is 6.21 Å². The molecule has 1 aliphatic rings. The third kappa shape index (κ3) is 7.52. The molecule has 2 rings (SSSR count). The molecule has 0 radical (unpaired) electrons. The molecule has 0 spiro atoms. The van der Waals surface area contributed by atoms with E-state index in [-0.39, 0.29) is 0 Å². The predicted octanol–water partition coefficient (Wildman–Crippen LogP) is 5.50. The van der Waals surface area contributed by atoms with Crippen molar-refractivity contribution < 1.29 is 4.74 Å². The van der Waals surface area contributed by atoms with E-state index < -0.39 is 0 Å². The SMILES string of the molecule is CC/C=C/C(=C1/OCC/C1=C(/C)NCc1cccc(N)c1)C(/C)=C/C=N\C(N)=C\CC. The van der Waals surface area contributed by atoms with Gasteiger partial charge in [0.05, 0.1) is 6.61 Å². The number of aliphatic imine (C=N–C) groups is 1. The first-order valence-corrected chi connectivity index (χ1v) is 10.9. The second-order valence-electron chi connectivity index (χ2n) is 7.52. The maximum absolute atomic E-state index is 6.09. The summed E-state index contributed by atoms with van der Waals surface area (Å²) in [4.78, 5) is 4.28. The third-order valence-corrected chi connectivity index (χ3v) is 4.99. The summed E-state index contributed by atoms with van der Waals surface area (Å²) in [5.74, 6) is 1.46. The smallest absolute Gasteiger partial charge is 0.131 e. The van der Waals surface area contributed by atoms with Crippen molar-refractivity contribution in [3.05, 3.63) is 88.1 Å². The monoisotopic (exact) mass is 420 g/mol. The van der Waals surface area contributed by atoms with Gasteiger partial charge in [0.2, 0.25) is 0 Å². The molecule has 0 bridgehead atoms. The summed E-state index contributed by atoms with van der Waals surface area (Å²) in [5.41, 5.74) is 18.2. The molecule has 1 aromatic carbocycles. The van der Waals surface area contributed by atoms with Crippen LogP contribution < -0.4 is 16.8 Å². The number of nitrogens with two attached hydrogens (primary N) is 2. The van der Waals surface area contributed by atoms with Crippen molar-refractivity contribution in [1.82, 2.24) is 5.32 Å². The lowest BCUT2D eigenvalue weighted by Gasteiger charge is -2.14. The Morgan fingerprint density at radius 1 is 1.23 bits per heavy atom. The lowest BCUT2D eigenvalue weighted by Crippen LogP contribution is -2.13. The fourth-order valence-corrected chi connectivity index (χ4v) is 3.31. The fourth-order valence-electron chi connectivity index (χ4n) is 3.31. The number of anilines is 1. The molecule has 0 unspecified atom stereocenters. The lowest BCUT2D eigenvalue weighted by molar-refractivity contribution is 0.263. The highest BCUT2D eigenvalue weighted by Gasteiger charge is 2.22. The molecular weight excluding hydrogens is 384 g/mol. The number of hydrogen-bond acceptors (Lipinski definition) is 5. The first kappa shape index (κ1) is 24.1. The van der Waals surface area contributed by atoms with E-state index in [0.717, 1.165) is 59.7 Å². The van der Waals surface area contributed by atoms with Gasteiger partial charge in [0.25, 0.3) is 0 Å². The Labute approximate surface area is 187 Å². The maximum atomic E-state index is 6.09.